The lowest BCUT2D eigenvalue weighted by Gasteiger charge is -2.06. The molecule has 0 saturated heterocycles. The predicted octanol–water partition coefficient (Wildman–Crippen LogP) is -1.75. The fourth-order valence-electron chi connectivity index (χ4n) is 0.220. The number of hydrogen-bond acceptors (Lipinski definition) is 4. The quantitative estimate of drug-likeness (QED) is 0.305. The fourth-order valence-corrected chi connectivity index (χ4v) is 0.220. The molecular weight excluding hydrogens is 112 g/mol. The lowest BCUT2D eigenvalue weighted by atomic mass is 10.3. The molecule has 0 radical (unpaired) electrons. The fraction of sp³-hybridized carbons (Fsp3) is 0.750. The first-order chi connectivity index (χ1) is 3.68. The highest BCUT2D eigenvalue weighted by molar-refractivity contribution is 5.50. The van der Waals surface area contributed by atoms with E-state index in [9.17, 15) is 4.79 Å². The Hall–Kier alpha value is -0.450. The second-order valence-corrected chi connectivity index (χ2v) is 1.38. The summed E-state index contributed by atoms with van der Waals surface area (Å²) in [7, 11) is 0. The molecule has 4 heteroatoms. The molecule has 0 aromatic rings. The number of aliphatic hydroxyl groups is 3. The Morgan fingerprint density at radius 1 is 1.38 bits per heavy atom. The van der Waals surface area contributed by atoms with Gasteiger partial charge in [-0.3, -0.25) is 0 Å². The van der Waals surface area contributed by atoms with Crippen molar-refractivity contribution in [3.63, 3.8) is 0 Å². The van der Waals surface area contributed by atoms with Gasteiger partial charge in [-0.25, -0.2) is 0 Å². The Bertz CT molecular complexity index is 70.4. The predicted molar refractivity (Wildman–Crippen MR) is 24.9 cm³/mol. The Morgan fingerprint density at radius 3 is 2.00 bits per heavy atom. The third kappa shape index (κ3) is 2.68. The van der Waals surface area contributed by atoms with E-state index in [1.807, 2.05) is 0 Å². The van der Waals surface area contributed by atoms with Crippen LogP contribution in [0.4, 0.5) is 0 Å². The van der Waals surface area contributed by atoms with Crippen LogP contribution in [-0.2, 0) is 4.79 Å². The van der Waals surface area contributed by atoms with Crippen LogP contribution in [0.25, 0.3) is 0 Å². The van der Waals surface area contributed by atoms with Gasteiger partial charge < -0.3 is 20.1 Å². The van der Waals surface area contributed by atoms with Crippen molar-refractivity contribution in [2.75, 3.05) is 0 Å². The first-order valence-electron chi connectivity index (χ1n) is 2.16. The molecule has 0 fully saturated rings. The van der Waals surface area contributed by atoms with Crippen molar-refractivity contribution >= 4 is 6.29 Å². The van der Waals surface area contributed by atoms with Crippen LogP contribution in [0.5, 0.6) is 0 Å². The van der Waals surface area contributed by atoms with E-state index >= 15 is 0 Å². The molecule has 0 saturated carbocycles. The Balaban J connectivity index is 3.30. The molecule has 3 N–H and O–H groups in total. The Kier molecular flexibility index (Phi) is 3.34. The molecule has 0 aromatic carbocycles. The average Bonchev–Trinajstić information content (AvgIpc) is 1.67. The monoisotopic (exact) mass is 120 g/mol. The van der Waals surface area contributed by atoms with E-state index in [2.05, 4.69) is 0 Å². The van der Waals surface area contributed by atoms with Crippen LogP contribution in [0.15, 0.2) is 0 Å². The minimum absolute atomic E-state index is 0.238. The van der Waals surface area contributed by atoms with Crippen LogP contribution in [-0.4, -0.2) is 34.0 Å². The summed E-state index contributed by atoms with van der Waals surface area (Å²) in [5.41, 5.74) is 0. The van der Waals surface area contributed by atoms with Gasteiger partial charge in [0.25, 0.3) is 0 Å². The minimum atomic E-state index is -1.81. The number of aldehydes is 1. The maximum absolute atomic E-state index is 9.54. The van der Waals surface area contributed by atoms with Gasteiger partial charge in [0.2, 0.25) is 0 Å². The molecule has 4 nitrogen and oxygen atoms in total. The van der Waals surface area contributed by atoms with E-state index in [4.69, 9.17) is 15.3 Å². The first kappa shape index (κ1) is 7.55. The lowest BCUT2D eigenvalue weighted by Crippen LogP contribution is -2.25. The van der Waals surface area contributed by atoms with Crippen LogP contribution in [0.2, 0.25) is 0 Å². The number of carbonyl (C=O) groups is 1. The zero-order valence-corrected chi connectivity index (χ0v) is 4.19. The van der Waals surface area contributed by atoms with Gasteiger partial charge in [-0.2, -0.15) is 0 Å². The molecule has 0 heterocycles. The summed E-state index contributed by atoms with van der Waals surface area (Å²) in [5, 5.41) is 24.6. The highest BCUT2D eigenvalue weighted by Gasteiger charge is 2.10. The second kappa shape index (κ2) is 3.54. The molecule has 48 valence electrons. The molecular formula is C4H8O4. The molecule has 0 rings (SSSR count). The number of hydrogen-bond donors (Lipinski definition) is 3. The van der Waals surface area contributed by atoms with E-state index in [1.165, 1.54) is 0 Å². The van der Waals surface area contributed by atoms with Gasteiger partial charge in [0.1, 0.15) is 12.4 Å². The third-order valence-corrected chi connectivity index (χ3v) is 0.682. The molecule has 0 aromatic heterocycles. The third-order valence-electron chi connectivity index (χ3n) is 0.682. The highest BCUT2D eigenvalue weighted by atomic mass is 16.5. The molecule has 8 heavy (non-hydrogen) atoms. The highest BCUT2D eigenvalue weighted by Crippen LogP contribution is 1.90. The Labute approximate surface area is 46.4 Å². The van der Waals surface area contributed by atoms with Gasteiger partial charge in [0.15, 0.2) is 6.29 Å². The standard InChI is InChI=1S/C4H8O4/c5-2-1-3(6)4(7)8/h2-4,6-8H,1H2. The van der Waals surface area contributed by atoms with Gasteiger partial charge in [-0.05, 0) is 0 Å². The molecule has 1 unspecified atom stereocenters. The van der Waals surface area contributed by atoms with E-state index in [1.54, 1.807) is 0 Å². The topological polar surface area (TPSA) is 77.8 Å². The smallest absolute Gasteiger partial charge is 0.178 e. The molecule has 0 aliphatic carbocycles. The van der Waals surface area contributed by atoms with Crippen molar-refractivity contribution in [2.24, 2.45) is 0 Å². The van der Waals surface area contributed by atoms with Crippen LogP contribution in [0.1, 0.15) is 6.42 Å². The zero-order valence-electron chi connectivity index (χ0n) is 4.19. The van der Waals surface area contributed by atoms with Crippen molar-refractivity contribution < 1.29 is 20.1 Å². The largest absolute Gasteiger partial charge is 0.387 e. The molecule has 0 aliphatic rings. The second-order valence-electron chi connectivity index (χ2n) is 1.38. The van der Waals surface area contributed by atoms with Crippen LogP contribution >= 0.6 is 0 Å². The maximum Gasteiger partial charge on any atom is 0.178 e. The summed E-state index contributed by atoms with van der Waals surface area (Å²) >= 11 is 0. The van der Waals surface area contributed by atoms with Gasteiger partial charge in [-0.1, -0.05) is 0 Å². The molecule has 0 bridgehead atoms. The van der Waals surface area contributed by atoms with Crippen LogP contribution in [0, 0.1) is 0 Å². The van der Waals surface area contributed by atoms with Crippen molar-refractivity contribution in [3.05, 3.63) is 0 Å². The summed E-state index contributed by atoms with van der Waals surface area (Å²) in [6, 6.07) is 0. The molecule has 0 amide bonds. The van der Waals surface area contributed by atoms with Crippen molar-refractivity contribution in [2.45, 2.75) is 18.8 Å². The average molecular weight is 120 g/mol. The summed E-state index contributed by atoms with van der Waals surface area (Å²) in [6.07, 6.45) is -2.96. The molecule has 0 spiro atoms. The van der Waals surface area contributed by atoms with Crippen molar-refractivity contribution in [1.29, 1.82) is 0 Å². The van der Waals surface area contributed by atoms with E-state index in [0.717, 1.165) is 0 Å². The van der Waals surface area contributed by atoms with E-state index < -0.39 is 12.4 Å². The van der Waals surface area contributed by atoms with Crippen molar-refractivity contribution in [3.8, 4) is 0 Å². The van der Waals surface area contributed by atoms with Gasteiger partial charge in [-0.15, -0.1) is 0 Å². The first-order valence-corrected chi connectivity index (χ1v) is 2.16. The van der Waals surface area contributed by atoms with E-state index in [0.29, 0.717) is 6.29 Å². The van der Waals surface area contributed by atoms with Gasteiger partial charge in [0.05, 0.1) is 0 Å². The normalized spacial score (nSPS) is 14.0. The maximum atomic E-state index is 9.54. The SMILES string of the molecule is O=CCC(O)C(O)O. The van der Waals surface area contributed by atoms with Gasteiger partial charge >= 0.3 is 0 Å². The van der Waals surface area contributed by atoms with Crippen LogP contribution in [0.3, 0.4) is 0 Å². The summed E-state index contributed by atoms with van der Waals surface area (Å²) in [4.78, 5) is 9.54. The summed E-state index contributed by atoms with van der Waals surface area (Å²) in [6.45, 7) is 0. The number of rotatable bonds is 3. The van der Waals surface area contributed by atoms with E-state index in [-0.39, 0.29) is 6.42 Å². The molecule has 0 aliphatic heterocycles. The zero-order chi connectivity index (χ0) is 6.57. The number of aliphatic hydroxyl groups excluding tert-OH is 2. The van der Waals surface area contributed by atoms with Crippen molar-refractivity contribution in [1.82, 2.24) is 0 Å². The number of carbonyl (C=O) groups excluding carboxylic acids is 1. The summed E-state index contributed by atoms with van der Waals surface area (Å²) < 4.78 is 0. The van der Waals surface area contributed by atoms with Gasteiger partial charge in [0, 0.05) is 6.42 Å². The van der Waals surface area contributed by atoms with Crippen LogP contribution < -0.4 is 0 Å². The lowest BCUT2D eigenvalue weighted by molar-refractivity contribution is -0.132. The minimum Gasteiger partial charge on any atom is -0.387 e. The molecule has 1 atom stereocenters. The summed E-state index contributed by atoms with van der Waals surface area (Å²) in [5.74, 6) is 0. The Morgan fingerprint density at radius 2 is 1.88 bits per heavy atom.